The third-order valence-corrected chi connectivity index (χ3v) is 6.48. The van der Waals surface area contributed by atoms with Crippen LogP contribution in [0, 0.1) is 0 Å². The molecule has 2 heterocycles. The fraction of sp³-hybridized carbons (Fsp3) is 0.136. The van der Waals surface area contributed by atoms with Crippen LogP contribution in [0.15, 0.2) is 59.6 Å². The van der Waals surface area contributed by atoms with Crippen molar-refractivity contribution >= 4 is 68.7 Å². The number of thiocarbonyl (C=S) groups is 1. The zero-order valence-electron chi connectivity index (χ0n) is 15.9. The van der Waals surface area contributed by atoms with Crippen LogP contribution in [0.5, 0.6) is 0 Å². The summed E-state index contributed by atoms with van der Waals surface area (Å²) in [5, 5.41) is 4.57. The lowest BCUT2D eigenvalue weighted by atomic mass is 10.1. The Labute approximate surface area is 188 Å². The number of amides is 2. The highest BCUT2D eigenvalue weighted by atomic mass is 35.5. The summed E-state index contributed by atoms with van der Waals surface area (Å²) in [4.78, 5) is 30.1. The fourth-order valence-electron chi connectivity index (χ4n) is 3.24. The van der Waals surface area contributed by atoms with Crippen molar-refractivity contribution in [3.8, 4) is 0 Å². The summed E-state index contributed by atoms with van der Waals surface area (Å²) in [6, 6.07) is 15.3. The number of carbonyl (C=O) groups excluding carboxylic acids is 2. The Hall–Kier alpha value is -2.61. The Kier molecular flexibility index (Phi) is 6.22. The molecule has 3 aromatic rings. The first-order valence-corrected chi connectivity index (χ1v) is 10.9. The number of halogens is 1. The van der Waals surface area contributed by atoms with E-state index >= 15 is 0 Å². The van der Waals surface area contributed by atoms with E-state index in [9.17, 15) is 9.59 Å². The second-order valence-corrected chi connectivity index (χ2v) is 8.83. The number of benzene rings is 2. The Morgan fingerprint density at radius 3 is 2.80 bits per heavy atom. The van der Waals surface area contributed by atoms with E-state index < -0.39 is 0 Å². The van der Waals surface area contributed by atoms with Crippen LogP contribution < -0.4 is 5.32 Å². The predicted octanol–water partition coefficient (Wildman–Crippen LogP) is 4.38. The van der Waals surface area contributed by atoms with Crippen LogP contribution in [0.3, 0.4) is 0 Å². The van der Waals surface area contributed by atoms with Crippen molar-refractivity contribution < 1.29 is 9.59 Å². The summed E-state index contributed by atoms with van der Waals surface area (Å²) in [7, 11) is 0. The number of fused-ring (bicyclic) bond motifs is 1. The van der Waals surface area contributed by atoms with Crippen molar-refractivity contribution in [1.29, 1.82) is 0 Å². The number of aromatic amines is 1. The maximum atomic E-state index is 12.7. The third-order valence-electron chi connectivity index (χ3n) is 4.76. The second-order valence-electron chi connectivity index (χ2n) is 6.75. The van der Waals surface area contributed by atoms with Gasteiger partial charge in [0.1, 0.15) is 10.9 Å². The minimum atomic E-state index is -0.281. The Balaban J connectivity index is 1.34. The van der Waals surface area contributed by atoms with Crippen LogP contribution in [0.1, 0.15) is 11.1 Å². The van der Waals surface area contributed by atoms with Crippen LogP contribution in [0.25, 0.3) is 17.0 Å². The number of hydrogen-bond donors (Lipinski definition) is 2. The van der Waals surface area contributed by atoms with Crippen LogP contribution in [-0.2, 0) is 16.0 Å². The molecule has 2 N–H and O–H groups in total. The van der Waals surface area contributed by atoms with Gasteiger partial charge in [-0.25, -0.2) is 0 Å². The van der Waals surface area contributed by atoms with Gasteiger partial charge in [0.25, 0.3) is 5.91 Å². The third kappa shape index (κ3) is 4.43. The van der Waals surface area contributed by atoms with E-state index in [0.717, 1.165) is 22.0 Å². The second kappa shape index (κ2) is 9.04. The number of H-pyrrole nitrogens is 1. The van der Waals surface area contributed by atoms with Crippen molar-refractivity contribution in [2.45, 2.75) is 6.42 Å². The Bertz CT molecular complexity index is 1170. The van der Waals surface area contributed by atoms with E-state index in [4.69, 9.17) is 23.8 Å². The highest BCUT2D eigenvalue weighted by molar-refractivity contribution is 8.26. The maximum Gasteiger partial charge on any atom is 0.266 e. The molecule has 8 heteroatoms. The van der Waals surface area contributed by atoms with E-state index in [1.807, 2.05) is 42.6 Å². The SMILES string of the molecule is O=C(CN1C(=O)/C(=C/c2ccccc2Cl)SC1=S)NCCc1c[nH]c2ccccc12. The van der Waals surface area contributed by atoms with Crippen molar-refractivity contribution in [2.75, 3.05) is 13.1 Å². The number of carbonyl (C=O) groups is 2. The molecule has 2 aromatic carbocycles. The number of thioether (sulfide) groups is 1. The van der Waals surface area contributed by atoms with Crippen LogP contribution in [-0.4, -0.2) is 39.1 Å². The summed E-state index contributed by atoms with van der Waals surface area (Å²) in [5.41, 5.74) is 2.95. The van der Waals surface area contributed by atoms with Gasteiger partial charge in [-0.2, -0.15) is 0 Å². The summed E-state index contributed by atoms with van der Waals surface area (Å²) >= 11 is 12.6. The largest absolute Gasteiger partial charge is 0.361 e. The Morgan fingerprint density at radius 2 is 1.97 bits per heavy atom. The highest BCUT2D eigenvalue weighted by Gasteiger charge is 2.33. The predicted molar refractivity (Wildman–Crippen MR) is 126 cm³/mol. The summed E-state index contributed by atoms with van der Waals surface area (Å²) in [6.45, 7) is 0.378. The molecule has 0 spiro atoms. The molecule has 0 bridgehead atoms. The van der Waals surface area contributed by atoms with Crippen LogP contribution in [0.2, 0.25) is 5.02 Å². The zero-order chi connectivity index (χ0) is 21.1. The fourth-order valence-corrected chi connectivity index (χ4v) is 4.68. The molecule has 30 heavy (non-hydrogen) atoms. The first-order valence-electron chi connectivity index (χ1n) is 9.34. The molecule has 5 nitrogen and oxygen atoms in total. The zero-order valence-corrected chi connectivity index (χ0v) is 18.2. The molecule has 1 aromatic heterocycles. The molecule has 0 atom stereocenters. The van der Waals surface area contributed by atoms with Gasteiger partial charge in [-0.3, -0.25) is 14.5 Å². The van der Waals surface area contributed by atoms with Gasteiger partial charge in [-0.05, 0) is 35.8 Å². The molecule has 0 aliphatic carbocycles. The molecule has 0 radical (unpaired) electrons. The average Bonchev–Trinajstić information content (AvgIpc) is 3.26. The van der Waals surface area contributed by atoms with Crippen molar-refractivity contribution in [2.24, 2.45) is 0 Å². The number of hydrogen-bond acceptors (Lipinski definition) is 4. The number of nitrogens with zero attached hydrogens (tertiary/aromatic N) is 1. The van der Waals surface area contributed by atoms with E-state index in [1.54, 1.807) is 12.1 Å². The van der Waals surface area contributed by atoms with E-state index in [0.29, 0.717) is 27.2 Å². The van der Waals surface area contributed by atoms with Gasteiger partial charge in [0.05, 0.1) is 4.91 Å². The van der Waals surface area contributed by atoms with E-state index in [2.05, 4.69) is 16.4 Å². The molecule has 1 aliphatic rings. The van der Waals surface area contributed by atoms with Gasteiger partial charge in [-0.15, -0.1) is 0 Å². The lowest BCUT2D eigenvalue weighted by Gasteiger charge is -2.14. The van der Waals surface area contributed by atoms with Crippen LogP contribution >= 0.6 is 35.6 Å². The van der Waals surface area contributed by atoms with Crippen molar-refractivity contribution in [1.82, 2.24) is 15.2 Å². The maximum absolute atomic E-state index is 12.7. The van der Waals surface area contributed by atoms with Crippen molar-refractivity contribution in [3.05, 3.63) is 75.8 Å². The van der Waals surface area contributed by atoms with Gasteiger partial charge in [0, 0.05) is 28.7 Å². The molecule has 152 valence electrons. The number of aromatic nitrogens is 1. The number of rotatable bonds is 6. The van der Waals surface area contributed by atoms with E-state index in [1.165, 1.54) is 16.7 Å². The smallest absolute Gasteiger partial charge is 0.266 e. The van der Waals surface area contributed by atoms with E-state index in [-0.39, 0.29) is 18.4 Å². The van der Waals surface area contributed by atoms with Gasteiger partial charge in [0.2, 0.25) is 5.91 Å². The molecule has 0 saturated carbocycles. The number of para-hydroxylation sites is 1. The monoisotopic (exact) mass is 455 g/mol. The van der Waals surface area contributed by atoms with Gasteiger partial charge in [0.15, 0.2) is 0 Å². The molecule has 1 saturated heterocycles. The van der Waals surface area contributed by atoms with Crippen molar-refractivity contribution in [3.63, 3.8) is 0 Å². The lowest BCUT2D eigenvalue weighted by molar-refractivity contribution is -0.128. The normalized spacial score (nSPS) is 15.4. The Morgan fingerprint density at radius 1 is 1.20 bits per heavy atom. The quantitative estimate of drug-likeness (QED) is 0.427. The standard InChI is InChI=1S/C22H18ClN3O2S2/c23-17-7-3-1-5-14(17)11-19-21(28)26(22(29)30-19)13-20(27)24-10-9-15-12-25-18-8-4-2-6-16(15)18/h1-8,11-12,25H,9-10,13H2,(H,24,27)/b19-11-. The molecule has 4 rings (SSSR count). The first-order chi connectivity index (χ1) is 14.5. The minimum Gasteiger partial charge on any atom is -0.361 e. The molecule has 0 unspecified atom stereocenters. The molecule has 1 fully saturated rings. The molecule has 2 amide bonds. The minimum absolute atomic E-state index is 0.0988. The highest BCUT2D eigenvalue weighted by Crippen LogP contribution is 2.33. The van der Waals surface area contributed by atoms with Gasteiger partial charge >= 0.3 is 0 Å². The number of nitrogens with one attached hydrogen (secondary N) is 2. The lowest BCUT2D eigenvalue weighted by Crippen LogP contribution is -2.40. The summed E-state index contributed by atoms with van der Waals surface area (Å²) in [6.07, 6.45) is 4.36. The van der Waals surface area contributed by atoms with Gasteiger partial charge in [-0.1, -0.05) is 72.0 Å². The first kappa shape index (κ1) is 20.7. The molecule has 1 aliphatic heterocycles. The van der Waals surface area contributed by atoms with Gasteiger partial charge < -0.3 is 10.3 Å². The van der Waals surface area contributed by atoms with Crippen LogP contribution in [0.4, 0.5) is 0 Å². The molecular formula is C22H18ClN3O2S2. The summed E-state index contributed by atoms with van der Waals surface area (Å²) in [5.74, 6) is -0.526. The molecular weight excluding hydrogens is 438 g/mol. The summed E-state index contributed by atoms with van der Waals surface area (Å²) < 4.78 is 0.366. The average molecular weight is 456 g/mol. The topological polar surface area (TPSA) is 65.2 Å².